The summed E-state index contributed by atoms with van der Waals surface area (Å²) in [5.74, 6) is -1.75. The molecule has 0 aliphatic rings. The number of fused-ring (bicyclic) bond motifs is 1. The molecule has 4 rings (SSSR count). The highest BCUT2D eigenvalue weighted by atomic mass is 35.5. The van der Waals surface area contributed by atoms with Crippen LogP contribution in [0.5, 0.6) is 5.75 Å². The number of sulfonamides is 1. The first-order valence-electron chi connectivity index (χ1n) is 8.76. The highest BCUT2D eigenvalue weighted by molar-refractivity contribution is 7.93. The zero-order valence-corrected chi connectivity index (χ0v) is 17.8. The van der Waals surface area contributed by atoms with Crippen LogP contribution < -0.4 is 9.46 Å². The largest absolute Gasteiger partial charge is 0.484 e. The Bertz CT molecular complexity index is 1380. The molecule has 11 heteroatoms. The number of ether oxygens (including phenoxy) is 1. The Morgan fingerprint density at radius 1 is 1.06 bits per heavy atom. The maximum Gasteiger partial charge on any atom is 0.264 e. The zero-order valence-electron chi connectivity index (χ0n) is 15.5. The van der Waals surface area contributed by atoms with E-state index in [1.54, 1.807) is 24.4 Å². The topological polar surface area (TPSA) is 84.1 Å². The first-order valence-corrected chi connectivity index (χ1v) is 11.0. The molecule has 0 bridgehead atoms. The number of H-pyrrole nitrogens is 1. The van der Waals surface area contributed by atoms with Gasteiger partial charge in [-0.1, -0.05) is 29.3 Å². The number of aromatic nitrogens is 2. The smallest absolute Gasteiger partial charge is 0.264 e. The molecule has 0 spiro atoms. The Morgan fingerprint density at radius 2 is 1.87 bits per heavy atom. The Kier molecular flexibility index (Phi) is 5.74. The molecule has 2 aromatic carbocycles. The standard InChI is InChI=1S/C20H13Cl2F2N3O3S/c21-13-5-4-12-18(31(28,29)27-17-8-15(23)14(22)7-16(17)24)9-26-19(12)20(13)30-10-11-3-1-2-6-25-11/h1-9,26-27H,10H2. The average molecular weight is 484 g/mol. The van der Waals surface area contributed by atoms with Gasteiger partial charge in [-0.25, -0.2) is 17.2 Å². The number of rotatable bonds is 6. The van der Waals surface area contributed by atoms with Crippen molar-refractivity contribution in [1.82, 2.24) is 9.97 Å². The second-order valence-corrected chi connectivity index (χ2v) is 8.88. The third kappa shape index (κ3) is 4.30. The van der Waals surface area contributed by atoms with E-state index < -0.39 is 32.4 Å². The van der Waals surface area contributed by atoms with E-state index in [0.29, 0.717) is 23.3 Å². The number of benzene rings is 2. The average Bonchev–Trinajstić information content (AvgIpc) is 3.17. The van der Waals surface area contributed by atoms with Crippen LogP contribution in [-0.4, -0.2) is 18.4 Å². The van der Waals surface area contributed by atoms with Gasteiger partial charge in [0.05, 0.1) is 26.9 Å². The molecule has 0 unspecified atom stereocenters. The third-order valence-corrected chi connectivity index (χ3v) is 6.35. The van der Waals surface area contributed by atoms with Crippen LogP contribution in [0.2, 0.25) is 10.0 Å². The molecular weight excluding hydrogens is 471 g/mol. The molecule has 31 heavy (non-hydrogen) atoms. The van der Waals surface area contributed by atoms with Gasteiger partial charge in [0.25, 0.3) is 10.0 Å². The van der Waals surface area contributed by atoms with Gasteiger partial charge in [0.1, 0.15) is 23.1 Å². The van der Waals surface area contributed by atoms with Gasteiger partial charge in [-0.15, -0.1) is 0 Å². The van der Waals surface area contributed by atoms with Crippen molar-refractivity contribution in [1.29, 1.82) is 0 Å². The van der Waals surface area contributed by atoms with Crippen molar-refractivity contribution in [3.63, 3.8) is 0 Å². The molecule has 0 radical (unpaired) electrons. The van der Waals surface area contributed by atoms with Crippen LogP contribution in [-0.2, 0) is 16.6 Å². The molecule has 2 N–H and O–H groups in total. The molecule has 0 saturated heterocycles. The van der Waals surface area contributed by atoms with E-state index >= 15 is 0 Å². The normalized spacial score (nSPS) is 11.6. The lowest BCUT2D eigenvalue weighted by Gasteiger charge is -2.11. The second-order valence-electron chi connectivity index (χ2n) is 6.41. The highest BCUT2D eigenvalue weighted by Crippen LogP contribution is 2.37. The molecule has 0 atom stereocenters. The van der Waals surface area contributed by atoms with Gasteiger partial charge in [-0.05, 0) is 30.3 Å². The fourth-order valence-electron chi connectivity index (χ4n) is 2.91. The van der Waals surface area contributed by atoms with E-state index in [0.717, 1.165) is 0 Å². The summed E-state index contributed by atoms with van der Waals surface area (Å²) in [5.41, 5.74) is 0.403. The molecule has 6 nitrogen and oxygen atoms in total. The Morgan fingerprint density at radius 3 is 2.61 bits per heavy atom. The number of pyridine rings is 1. The molecule has 0 aliphatic heterocycles. The molecule has 0 aliphatic carbocycles. The molecule has 4 aromatic rings. The Hall–Kier alpha value is -2.88. The lowest BCUT2D eigenvalue weighted by Crippen LogP contribution is -2.14. The van der Waals surface area contributed by atoms with Gasteiger partial charge < -0.3 is 9.72 Å². The lowest BCUT2D eigenvalue weighted by molar-refractivity contribution is 0.305. The van der Waals surface area contributed by atoms with Crippen LogP contribution in [0.25, 0.3) is 10.9 Å². The van der Waals surface area contributed by atoms with Crippen LogP contribution >= 0.6 is 23.2 Å². The SMILES string of the molecule is O=S(=O)(Nc1cc(F)c(Cl)cc1F)c1c[nH]c2c(OCc3ccccn3)c(Cl)ccc12. The van der Waals surface area contributed by atoms with Gasteiger partial charge in [-0.2, -0.15) is 0 Å². The summed E-state index contributed by atoms with van der Waals surface area (Å²) in [5, 5.41) is 0.0488. The molecule has 2 heterocycles. The van der Waals surface area contributed by atoms with Crippen molar-refractivity contribution in [3.05, 3.63) is 82.2 Å². The molecule has 0 fully saturated rings. The van der Waals surface area contributed by atoms with Gasteiger partial charge in [-0.3, -0.25) is 9.71 Å². The summed E-state index contributed by atoms with van der Waals surface area (Å²) < 4.78 is 61.3. The predicted octanol–water partition coefficient (Wildman–Crippen LogP) is 5.53. The summed E-state index contributed by atoms with van der Waals surface area (Å²) >= 11 is 11.8. The van der Waals surface area contributed by atoms with Gasteiger partial charge >= 0.3 is 0 Å². The predicted molar refractivity (Wildman–Crippen MR) is 114 cm³/mol. The molecular formula is C20H13Cl2F2N3O3S. The van der Waals surface area contributed by atoms with Crippen molar-refractivity contribution in [3.8, 4) is 5.75 Å². The Labute approximate surface area is 185 Å². The number of nitrogens with one attached hydrogen (secondary N) is 2. The molecule has 0 saturated carbocycles. The van der Waals surface area contributed by atoms with Crippen molar-refractivity contribution >= 4 is 49.8 Å². The quantitative estimate of drug-likeness (QED) is 0.353. The van der Waals surface area contributed by atoms with E-state index in [1.165, 1.54) is 18.3 Å². The number of anilines is 1. The summed E-state index contributed by atoms with van der Waals surface area (Å²) in [6.45, 7) is 0.105. The fourth-order valence-corrected chi connectivity index (χ4v) is 4.51. The highest BCUT2D eigenvalue weighted by Gasteiger charge is 2.24. The van der Waals surface area contributed by atoms with Crippen LogP contribution in [0.4, 0.5) is 14.5 Å². The van der Waals surface area contributed by atoms with Crippen molar-refractivity contribution in [2.45, 2.75) is 11.5 Å². The van der Waals surface area contributed by atoms with Crippen molar-refractivity contribution in [2.24, 2.45) is 0 Å². The van der Waals surface area contributed by atoms with E-state index in [2.05, 4.69) is 9.97 Å². The van der Waals surface area contributed by atoms with Crippen LogP contribution in [0.15, 0.2) is 59.8 Å². The van der Waals surface area contributed by atoms with Crippen molar-refractivity contribution in [2.75, 3.05) is 4.72 Å². The zero-order chi connectivity index (χ0) is 22.2. The van der Waals surface area contributed by atoms with E-state index in [9.17, 15) is 17.2 Å². The Balaban J connectivity index is 1.69. The van der Waals surface area contributed by atoms with Gasteiger partial charge in [0.2, 0.25) is 0 Å². The first kappa shape index (κ1) is 21.4. The number of halogens is 4. The minimum absolute atomic E-state index is 0.105. The summed E-state index contributed by atoms with van der Waals surface area (Å²) in [7, 11) is -4.29. The van der Waals surface area contributed by atoms with Crippen LogP contribution in [0.1, 0.15) is 5.69 Å². The maximum atomic E-state index is 14.1. The van der Waals surface area contributed by atoms with Gasteiger partial charge in [0, 0.05) is 23.8 Å². The fraction of sp³-hybridized carbons (Fsp3) is 0.0500. The minimum Gasteiger partial charge on any atom is -0.484 e. The monoisotopic (exact) mass is 483 g/mol. The number of aromatic amines is 1. The lowest BCUT2D eigenvalue weighted by atomic mass is 10.2. The van der Waals surface area contributed by atoms with Crippen molar-refractivity contribution < 1.29 is 21.9 Å². The molecule has 0 amide bonds. The summed E-state index contributed by atoms with van der Waals surface area (Å²) in [6.07, 6.45) is 2.83. The van der Waals surface area contributed by atoms with E-state index in [-0.39, 0.29) is 27.7 Å². The summed E-state index contributed by atoms with van der Waals surface area (Å²) in [6, 6.07) is 9.65. The van der Waals surface area contributed by atoms with Gasteiger partial charge in [0.15, 0.2) is 5.75 Å². The number of nitrogens with zero attached hydrogens (tertiary/aromatic N) is 1. The first-order chi connectivity index (χ1) is 14.8. The van der Waals surface area contributed by atoms with Crippen LogP contribution in [0, 0.1) is 11.6 Å². The second kappa shape index (κ2) is 8.33. The molecule has 160 valence electrons. The maximum absolute atomic E-state index is 14.1. The minimum atomic E-state index is -4.29. The molecule has 2 aromatic heterocycles. The third-order valence-electron chi connectivity index (χ3n) is 4.36. The summed E-state index contributed by atoms with van der Waals surface area (Å²) in [4.78, 5) is 6.78. The number of hydrogen-bond donors (Lipinski definition) is 2. The van der Waals surface area contributed by atoms with E-state index in [4.69, 9.17) is 27.9 Å². The van der Waals surface area contributed by atoms with Crippen LogP contribution in [0.3, 0.4) is 0 Å². The van der Waals surface area contributed by atoms with E-state index in [1.807, 2.05) is 4.72 Å². The number of hydrogen-bond acceptors (Lipinski definition) is 4.